The zero-order valence-electron chi connectivity index (χ0n) is 11.1. The number of carbonyl (C=O) groups is 1. The summed E-state index contributed by atoms with van der Waals surface area (Å²) in [5, 5.41) is 0. The average molecular weight is 412 g/mol. The monoisotopic (exact) mass is 410 g/mol. The molecule has 0 radical (unpaired) electrons. The van der Waals surface area contributed by atoms with Crippen molar-refractivity contribution in [3.05, 3.63) is 56.5 Å². The van der Waals surface area contributed by atoms with Crippen LogP contribution in [0.25, 0.3) is 0 Å². The summed E-state index contributed by atoms with van der Waals surface area (Å²) >= 11 is 6.87. The molecule has 0 aromatic heterocycles. The van der Waals surface area contributed by atoms with Crippen LogP contribution in [0.4, 0.5) is 0 Å². The summed E-state index contributed by atoms with van der Waals surface area (Å²) in [4.78, 5) is 12.7. The van der Waals surface area contributed by atoms with E-state index < -0.39 is 0 Å². The second-order valence-corrected chi connectivity index (χ2v) is 6.35. The van der Waals surface area contributed by atoms with Gasteiger partial charge in [0.2, 0.25) is 0 Å². The van der Waals surface area contributed by atoms with E-state index in [4.69, 9.17) is 9.47 Å². The van der Waals surface area contributed by atoms with E-state index in [2.05, 4.69) is 31.9 Å². The van der Waals surface area contributed by atoms with Crippen LogP contribution in [0.1, 0.15) is 22.3 Å². The van der Waals surface area contributed by atoms with Crippen LogP contribution in [0.2, 0.25) is 0 Å². The predicted molar refractivity (Wildman–Crippen MR) is 87.3 cm³/mol. The van der Waals surface area contributed by atoms with Gasteiger partial charge in [-0.2, -0.15) is 0 Å². The molecule has 108 valence electrons. The number of benzene rings is 2. The summed E-state index contributed by atoms with van der Waals surface area (Å²) < 4.78 is 12.7. The third-order valence-corrected chi connectivity index (χ3v) is 4.55. The molecule has 2 aromatic rings. The molecule has 0 unspecified atom stereocenters. The minimum atomic E-state index is -0.0648. The van der Waals surface area contributed by atoms with Crippen molar-refractivity contribution in [3.63, 3.8) is 0 Å². The Balaban J connectivity index is 2.05. The molecule has 5 heteroatoms. The fraction of sp³-hybridized carbons (Fsp3) is 0.188. The van der Waals surface area contributed by atoms with Crippen molar-refractivity contribution in [2.24, 2.45) is 0 Å². The van der Waals surface area contributed by atoms with Gasteiger partial charge in [-0.1, -0.05) is 28.1 Å². The van der Waals surface area contributed by atoms with Crippen LogP contribution in [0.3, 0.4) is 0 Å². The number of hydrogen-bond donors (Lipinski definition) is 0. The Morgan fingerprint density at radius 2 is 1.57 bits per heavy atom. The van der Waals surface area contributed by atoms with Crippen molar-refractivity contribution in [1.29, 1.82) is 0 Å². The molecule has 3 nitrogen and oxygen atoms in total. The maximum absolute atomic E-state index is 12.7. The summed E-state index contributed by atoms with van der Waals surface area (Å²) in [6.45, 7) is 1.22. The SMILES string of the molecule is O=C(c1ccccc1Br)c1cc2c(cc1Br)OCCCO2. The van der Waals surface area contributed by atoms with Crippen molar-refractivity contribution in [1.82, 2.24) is 0 Å². The molecule has 1 heterocycles. The van der Waals surface area contributed by atoms with Gasteiger partial charge in [-0.25, -0.2) is 0 Å². The van der Waals surface area contributed by atoms with Gasteiger partial charge in [0.25, 0.3) is 0 Å². The van der Waals surface area contributed by atoms with E-state index in [-0.39, 0.29) is 5.78 Å². The summed E-state index contributed by atoms with van der Waals surface area (Å²) in [6.07, 6.45) is 0.833. The van der Waals surface area contributed by atoms with Gasteiger partial charge < -0.3 is 9.47 Å². The molecule has 0 aliphatic carbocycles. The quantitative estimate of drug-likeness (QED) is 0.677. The predicted octanol–water partition coefficient (Wildman–Crippen LogP) is 4.60. The molecule has 21 heavy (non-hydrogen) atoms. The molecule has 0 saturated carbocycles. The highest BCUT2D eigenvalue weighted by Crippen LogP contribution is 2.36. The third kappa shape index (κ3) is 2.99. The number of ketones is 1. The van der Waals surface area contributed by atoms with E-state index in [1.807, 2.05) is 18.2 Å². The number of hydrogen-bond acceptors (Lipinski definition) is 3. The normalized spacial score (nSPS) is 13.6. The summed E-state index contributed by atoms with van der Waals surface area (Å²) in [7, 11) is 0. The minimum absolute atomic E-state index is 0.0648. The van der Waals surface area contributed by atoms with Gasteiger partial charge in [0, 0.05) is 26.5 Å². The van der Waals surface area contributed by atoms with Crippen molar-refractivity contribution in [3.8, 4) is 11.5 Å². The Hall–Kier alpha value is -1.33. The Morgan fingerprint density at radius 1 is 0.905 bits per heavy atom. The number of carbonyl (C=O) groups excluding carboxylic acids is 1. The first kappa shape index (κ1) is 14.6. The van der Waals surface area contributed by atoms with Crippen LogP contribution < -0.4 is 9.47 Å². The summed E-state index contributed by atoms with van der Waals surface area (Å²) in [5.74, 6) is 1.22. The van der Waals surface area contributed by atoms with Crippen molar-refractivity contribution in [2.75, 3.05) is 13.2 Å². The Kier molecular flexibility index (Phi) is 4.31. The average Bonchev–Trinajstić information content (AvgIpc) is 2.71. The van der Waals surface area contributed by atoms with Gasteiger partial charge >= 0.3 is 0 Å². The topological polar surface area (TPSA) is 35.5 Å². The van der Waals surface area contributed by atoms with Crippen molar-refractivity contribution >= 4 is 37.6 Å². The lowest BCUT2D eigenvalue weighted by molar-refractivity contribution is 0.103. The lowest BCUT2D eigenvalue weighted by Crippen LogP contribution is -2.04. The first-order valence-electron chi connectivity index (χ1n) is 6.55. The Morgan fingerprint density at radius 3 is 2.29 bits per heavy atom. The highest BCUT2D eigenvalue weighted by atomic mass is 79.9. The minimum Gasteiger partial charge on any atom is -0.490 e. The fourth-order valence-corrected chi connectivity index (χ4v) is 3.12. The third-order valence-electron chi connectivity index (χ3n) is 3.20. The standard InChI is InChI=1S/C16H12Br2O3/c17-12-5-2-1-4-10(12)16(19)11-8-14-15(9-13(11)18)21-7-3-6-20-14/h1-2,4-5,8-9H,3,6-7H2. The lowest BCUT2D eigenvalue weighted by Gasteiger charge is -2.11. The number of rotatable bonds is 2. The van der Waals surface area contributed by atoms with E-state index in [0.29, 0.717) is 40.3 Å². The Bertz CT molecular complexity index is 698. The van der Waals surface area contributed by atoms with Crippen LogP contribution >= 0.6 is 31.9 Å². The summed E-state index contributed by atoms with van der Waals surface area (Å²) in [6, 6.07) is 10.9. The van der Waals surface area contributed by atoms with E-state index in [0.717, 1.165) is 10.9 Å². The van der Waals surface area contributed by atoms with Crippen LogP contribution in [0, 0.1) is 0 Å². The molecule has 0 amide bonds. The second-order valence-electron chi connectivity index (χ2n) is 4.64. The van der Waals surface area contributed by atoms with E-state index in [1.165, 1.54) is 0 Å². The summed E-state index contributed by atoms with van der Waals surface area (Å²) in [5.41, 5.74) is 1.18. The Labute approximate surface area is 139 Å². The molecular formula is C16H12Br2O3. The fourth-order valence-electron chi connectivity index (χ4n) is 2.15. The van der Waals surface area contributed by atoms with Crippen LogP contribution in [-0.2, 0) is 0 Å². The highest BCUT2D eigenvalue weighted by molar-refractivity contribution is 9.11. The van der Waals surface area contributed by atoms with Gasteiger partial charge in [-0.15, -0.1) is 0 Å². The number of ether oxygens (including phenoxy) is 2. The maximum atomic E-state index is 12.7. The zero-order chi connectivity index (χ0) is 14.8. The van der Waals surface area contributed by atoms with Gasteiger partial charge in [0.15, 0.2) is 17.3 Å². The number of fused-ring (bicyclic) bond motifs is 1. The molecule has 0 saturated heterocycles. The van der Waals surface area contributed by atoms with Gasteiger partial charge in [0.1, 0.15) is 0 Å². The second kappa shape index (κ2) is 6.20. The zero-order valence-corrected chi connectivity index (χ0v) is 14.2. The lowest BCUT2D eigenvalue weighted by atomic mass is 10.0. The van der Waals surface area contributed by atoms with E-state index >= 15 is 0 Å². The van der Waals surface area contributed by atoms with E-state index in [9.17, 15) is 4.79 Å². The van der Waals surface area contributed by atoms with E-state index in [1.54, 1.807) is 18.2 Å². The molecule has 1 aliphatic heterocycles. The molecule has 0 fully saturated rings. The van der Waals surface area contributed by atoms with Crippen molar-refractivity contribution in [2.45, 2.75) is 6.42 Å². The molecule has 0 N–H and O–H groups in total. The van der Waals surface area contributed by atoms with Crippen LogP contribution in [0.15, 0.2) is 45.3 Å². The molecule has 1 aliphatic rings. The molecule has 2 aromatic carbocycles. The van der Waals surface area contributed by atoms with Crippen LogP contribution in [0.5, 0.6) is 11.5 Å². The van der Waals surface area contributed by atoms with Gasteiger partial charge in [0.05, 0.1) is 13.2 Å². The van der Waals surface area contributed by atoms with Gasteiger partial charge in [-0.3, -0.25) is 4.79 Å². The molecule has 0 atom stereocenters. The first-order valence-corrected chi connectivity index (χ1v) is 8.14. The largest absolute Gasteiger partial charge is 0.490 e. The highest BCUT2D eigenvalue weighted by Gasteiger charge is 2.20. The van der Waals surface area contributed by atoms with Crippen molar-refractivity contribution < 1.29 is 14.3 Å². The molecular weight excluding hydrogens is 400 g/mol. The smallest absolute Gasteiger partial charge is 0.195 e. The first-order chi connectivity index (χ1) is 10.2. The molecule has 0 spiro atoms. The molecule has 3 rings (SSSR count). The maximum Gasteiger partial charge on any atom is 0.195 e. The molecule has 0 bridgehead atoms. The van der Waals surface area contributed by atoms with Crippen LogP contribution in [-0.4, -0.2) is 19.0 Å². The number of halogens is 2. The van der Waals surface area contributed by atoms with Gasteiger partial charge in [-0.05, 0) is 40.2 Å².